The molecule has 1 N–H and O–H groups in total. The van der Waals surface area contributed by atoms with Gasteiger partial charge in [-0.15, -0.1) is 0 Å². The first-order valence-corrected chi connectivity index (χ1v) is 10.6. The number of likely N-dealkylation sites (N-methyl/N-ethyl adjacent to an activating group) is 1. The van der Waals surface area contributed by atoms with Crippen molar-refractivity contribution in [2.24, 2.45) is 0 Å². The first-order valence-electron chi connectivity index (χ1n) is 9.79. The van der Waals surface area contributed by atoms with Gasteiger partial charge in [0.05, 0.1) is 7.11 Å². The Hall–Kier alpha value is -1.63. The predicted molar refractivity (Wildman–Crippen MR) is 113 cm³/mol. The van der Waals surface area contributed by atoms with Crippen molar-refractivity contribution < 1.29 is 13.9 Å². The van der Waals surface area contributed by atoms with Gasteiger partial charge in [0.2, 0.25) is 0 Å². The molecule has 0 aromatic heterocycles. The molecule has 2 aromatic rings. The summed E-state index contributed by atoms with van der Waals surface area (Å²) in [5.74, 6) is 0.969. The number of likely N-dealkylation sites (tertiary alicyclic amines) is 1. The Morgan fingerprint density at radius 3 is 2.79 bits per heavy atom. The summed E-state index contributed by atoms with van der Waals surface area (Å²) in [7, 11) is 1.62. The molecule has 28 heavy (non-hydrogen) atoms. The van der Waals surface area contributed by atoms with E-state index in [1.165, 1.54) is 25.5 Å². The van der Waals surface area contributed by atoms with Crippen LogP contribution in [-0.4, -0.2) is 37.7 Å². The molecule has 3 rings (SSSR count). The van der Waals surface area contributed by atoms with Crippen LogP contribution in [0.1, 0.15) is 30.9 Å². The van der Waals surface area contributed by atoms with Crippen molar-refractivity contribution in [3.05, 3.63) is 57.8 Å². The summed E-state index contributed by atoms with van der Waals surface area (Å²) < 4.78 is 26.1. The van der Waals surface area contributed by atoms with Crippen LogP contribution in [-0.2, 0) is 13.2 Å². The van der Waals surface area contributed by atoms with Crippen molar-refractivity contribution in [1.82, 2.24) is 10.2 Å². The molecule has 1 aliphatic heterocycles. The number of methoxy groups -OCH3 is 1. The summed E-state index contributed by atoms with van der Waals surface area (Å²) in [6.07, 6.45) is 2.54. The summed E-state index contributed by atoms with van der Waals surface area (Å²) in [5, 5.41) is 3.57. The van der Waals surface area contributed by atoms with Gasteiger partial charge in [0, 0.05) is 29.2 Å². The lowest BCUT2D eigenvalue weighted by molar-refractivity contribution is 0.259. The molecule has 1 aliphatic rings. The van der Waals surface area contributed by atoms with Crippen molar-refractivity contribution in [1.29, 1.82) is 0 Å². The van der Waals surface area contributed by atoms with Crippen LogP contribution in [0.5, 0.6) is 11.5 Å². The van der Waals surface area contributed by atoms with Crippen LogP contribution in [0.2, 0.25) is 0 Å². The van der Waals surface area contributed by atoms with Crippen LogP contribution in [0.25, 0.3) is 0 Å². The maximum atomic E-state index is 13.8. The van der Waals surface area contributed by atoms with E-state index in [0.717, 1.165) is 29.7 Å². The number of nitrogens with zero attached hydrogens (tertiary/aromatic N) is 1. The zero-order valence-electron chi connectivity index (χ0n) is 16.5. The third kappa shape index (κ3) is 5.25. The molecule has 152 valence electrons. The molecular weight excluding hydrogens is 423 g/mol. The Bertz CT molecular complexity index is 787. The van der Waals surface area contributed by atoms with Gasteiger partial charge in [0.15, 0.2) is 11.5 Å². The smallest absolute Gasteiger partial charge is 0.162 e. The van der Waals surface area contributed by atoms with E-state index < -0.39 is 0 Å². The van der Waals surface area contributed by atoms with Gasteiger partial charge in [-0.1, -0.05) is 41.1 Å². The summed E-state index contributed by atoms with van der Waals surface area (Å²) in [6.45, 7) is 6.42. The summed E-state index contributed by atoms with van der Waals surface area (Å²) >= 11 is 3.63. The van der Waals surface area contributed by atoms with Crippen molar-refractivity contribution in [2.75, 3.05) is 26.7 Å². The average Bonchev–Trinajstić information content (AvgIpc) is 3.16. The molecule has 0 radical (unpaired) electrons. The topological polar surface area (TPSA) is 33.7 Å². The molecule has 6 heteroatoms. The maximum absolute atomic E-state index is 13.8. The van der Waals surface area contributed by atoms with Gasteiger partial charge < -0.3 is 14.8 Å². The number of hydrogen-bond acceptors (Lipinski definition) is 4. The molecule has 0 aliphatic carbocycles. The lowest BCUT2D eigenvalue weighted by Crippen LogP contribution is -2.37. The third-order valence-electron chi connectivity index (χ3n) is 5.27. The highest BCUT2D eigenvalue weighted by molar-refractivity contribution is 9.10. The third-order valence-corrected chi connectivity index (χ3v) is 6.01. The number of rotatable bonds is 9. The zero-order valence-corrected chi connectivity index (χ0v) is 18.1. The van der Waals surface area contributed by atoms with Crippen molar-refractivity contribution in [3.63, 3.8) is 0 Å². The summed E-state index contributed by atoms with van der Waals surface area (Å²) in [5.41, 5.74) is 1.62. The minimum absolute atomic E-state index is 0.154. The van der Waals surface area contributed by atoms with Gasteiger partial charge in [-0.3, -0.25) is 4.90 Å². The van der Waals surface area contributed by atoms with Gasteiger partial charge in [0.1, 0.15) is 12.4 Å². The highest BCUT2D eigenvalue weighted by Gasteiger charge is 2.22. The van der Waals surface area contributed by atoms with E-state index in [1.54, 1.807) is 25.3 Å². The number of nitrogens with one attached hydrogen (secondary N) is 1. The Morgan fingerprint density at radius 2 is 2.04 bits per heavy atom. The van der Waals surface area contributed by atoms with Gasteiger partial charge in [-0.2, -0.15) is 0 Å². The molecule has 1 unspecified atom stereocenters. The molecule has 1 heterocycles. The van der Waals surface area contributed by atoms with Gasteiger partial charge in [-0.25, -0.2) is 4.39 Å². The molecule has 0 spiro atoms. The van der Waals surface area contributed by atoms with Crippen molar-refractivity contribution >= 4 is 15.9 Å². The van der Waals surface area contributed by atoms with E-state index in [2.05, 4.69) is 33.1 Å². The molecule has 1 atom stereocenters. The predicted octanol–water partition coefficient (Wildman–Crippen LogP) is 4.75. The molecule has 2 aromatic carbocycles. The largest absolute Gasteiger partial charge is 0.493 e. The van der Waals surface area contributed by atoms with E-state index in [1.807, 2.05) is 12.1 Å². The second-order valence-electron chi connectivity index (χ2n) is 7.03. The zero-order chi connectivity index (χ0) is 19.9. The van der Waals surface area contributed by atoms with E-state index in [4.69, 9.17) is 9.47 Å². The first-order chi connectivity index (χ1) is 13.6. The maximum Gasteiger partial charge on any atom is 0.162 e. The number of halogens is 2. The monoisotopic (exact) mass is 450 g/mol. The number of ether oxygens (including phenoxy) is 2. The second kappa shape index (κ2) is 10.2. The molecule has 1 saturated heterocycles. The van der Waals surface area contributed by atoms with E-state index in [0.29, 0.717) is 23.1 Å². The van der Waals surface area contributed by atoms with Crippen molar-refractivity contribution in [2.45, 2.75) is 39.0 Å². The standard InChI is InChI=1S/C22H28BrFN2O2/c1-3-26-10-6-8-18(26)14-25-13-17-11-21(27-2)22(12-19(17)23)28-15-16-7-4-5-9-20(16)24/h4-5,7,9,11-12,18,25H,3,6,8,10,13-15H2,1-2H3. The normalized spacial score (nSPS) is 17.1. The molecule has 0 saturated carbocycles. The molecule has 1 fully saturated rings. The molecule has 4 nitrogen and oxygen atoms in total. The van der Waals surface area contributed by atoms with Crippen LogP contribution < -0.4 is 14.8 Å². The Balaban J connectivity index is 1.61. The fourth-order valence-electron chi connectivity index (χ4n) is 3.67. The van der Waals surface area contributed by atoms with Gasteiger partial charge in [0.25, 0.3) is 0 Å². The lowest BCUT2D eigenvalue weighted by Gasteiger charge is -2.23. The Labute approximate surface area is 175 Å². The fraction of sp³-hybridized carbons (Fsp3) is 0.455. The fourth-order valence-corrected chi connectivity index (χ4v) is 4.13. The minimum atomic E-state index is -0.269. The quantitative estimate of drug-likeness (QED) is 0.597. The van der Waals surface area contributed by atoms with E-state index in [-0.39, 0.29) is 12.4 Å². The number of benzene rings is 2. The average molecular weight is 451 g/mol. The van der Waals surface area contributed by atoms with Crippen LogP contribution in [0, 0.1) is 5.82 Å². The summed E-state index contributed by atoms with van der Waals surface area (Å²) in [6, 6.07) is 11.1. The van der Waals surface area contributed by atoms with Crippen LogP contribution in [0.3, 0.4) is 0 Å². The van der Waals surface area contributed by atoms with Crippen molar-refractivity contribution in [3.8, 4) is 11.5 Å². The Kier molecular flexibility index (Phi) is 7.71. The SMILES string of the molecule is CCN1CCCC1CNCc1cc(OC)c(OCc2ccccc2F)cc1Br. The van der Waals surface area contributed by atoms with Crippen LogP contribution in [0.15, 0.2) is 40.9 Å². The van der Waals surface area contributed by atoms with E-state index in [9.17, 15) is 4.39 Å². The second-order valence-corrected chi connectivity index (χ2v) is 7.88. The first kappa shape index (κ1) is 21.1. The molecular formula is C22H28BrFN2O2. The van der Waals surface area contributed by atoms with Crippen LogP contribution >= 0.6 is 15.9 Å². The number of hydrogen-bond donors (Lipinski definition) is 1. The molecule has 0 bridgehead atoms. The summed E-state index contributed by atoms with van der Waals surface area (Å²) in [4.78, 5) is 2.53. The van der Waals surface area contributed by atoms with Gasteiger partial charge >= 0.3 is 0 Å². The molecule has 0 amide bonds. The highest BCUT2D eigenvalue weighted by Crippen LogP contribution is 2.34. The minimum Gasteiger partial charge on any atom is -0.493 e. The Morgan fingerprint density at radius 1 is 1.21 bits per heavy atom. The van der Waals surface area contributed by atoms with E-state index >= 15 is 0 Å². The van der Waals surface area contributed by atoms with Crippen LogP contribution in [0.4, 0.5) is 4.39 Å². The van der Waals surface area contributed by atoms with Gasteiger partial charge in [-0.05, 0) is 49.7 Å². The highest BCUT2D eigenvalue weighted by atomic mass is 79.9. The lowest BCUT2D eigenvalue weighted by atomic mass is 10.1.